The van der Waals surface area contributed by atoms with Crippen LogP contribution in [-0.4, -0.2) is 8.07 Å². The number of allylic oxidation sites excluding steroid dienone is 4. The molecule has 0 aliphatic heterocycles. The number of hydrogen-bond acceptors (Lipinski definition) is 0. The van der Waals surface area contributed by atoms with Gasteiger partial charge in [-0.2, -0.15) is 0 Å². The molecular weight excluding hydrogens is 459 g/mol. The second kappa shape index (κ2) is 12.4. The topological polar surface area (TPSA) is 0 Å². The summed E-state index contributed by atoms with van der Waals surface area (Å²) in [6.45, 7) is 19.1. The van der Waals surface area contributed by atoms with Crippen LogP contribution in [0.15, 0.2) is 20.7 Å². The zero-order chi connectivity index (χ0) is 18.9. The van der Waals surface area contributed by atoms with Crippen molar-refractivity contribution in [2.24, 2.45) is 0 Å². The van der Waals surface area contributed by atoms with Crippen molar-refractivity contribution < 1.29 is 57.7 Å². The van der Waals surface area contributed by atoms with E-state index < -0.39 is 8.07 Å². The van der Waals surface area contributed by atoms with Gasteiger partial charge in [0.2, 0.25) is 0 Å². The summed E-state index contributed by atoms with van der Waals surface area (Å²) in [6.07, 6.45) is 7.60. The fourth-order valence-corrected chi connectivity index (χ4v) is 11.1. The molecule has 1 aliphatic rings. The molecule has 0 N–H and O–H groups in total. The number of rotatable bonds is 6. The molecule has 0 amide bonds. The molecule has 5 heteroatoms. The van der Waals surface area contributed by atoms with Crippen LogP contribution in [0.2, 0.25) is 12.6 Å². The number of hydrogen-bond donors (Lipinski definition) is 0. The molecule has 2 rings (SSSR count). The smallest absolute Gasteiger partial charge is 1.00 e. The van der Waals surface area contributed by atoms with Crippen molar-refractivity contribution in [2.75, 3.05) is 0 Å². The molecule has 0 aromatic heterocycles. The van der Waals surface area contributed by atoms with Gasteiger partial charge in [-0.05, 0) is 0 Å². The van der Waals surface area contributed by atoms with Crippen LogP contribution in [0, 0.1) is 34.6 Å². The monoisotopic (exact) mass is 492 g/mol. The van der Waals surface area contributed by atoms with E-state index >= 15 is 0 Å². The molecular formula is C23H35Cl3SiTi. The van der Waals surface area contributed by atoms with Crippen molar-refractivity contribution in [3.63, 3.8) is 0 Å². The maximum absolute atomic E-state index is 2.66. The van der Waals surface area contributed by atoms with Gasteiger partial charge in [-0.15, -0.1) is 0 Å². The van der Waals surface area contributed by atoms with Crippen molar-refractivity contribution in [3.8, 4) is 0 Å². The first-order valence-electron chi connectivity index (χ1n) is 9.92. The minimum absolute atomic E-state index is 0. The van der Waals surface area contributed by atoms with Crippen LogP contribution >= 0.6 is 0 Å². The summed E-state index contributed by atoms with van der Waals surface area (Å²) in [5, 5.41) is 3.50. The maximum atomic E-state index is 2.66. The van der Waals surface area contributed by atoms with Crippen molar-refractivity contribution in [3.05, 3.63) is 48.5 Å². The number of unbranched alkanes of at least 4 members (excludes halogenated alkanes) is 1. The summed E-state index contributed by atoms with van der Waals surface area (Å²) >= 11 is 2.35. The SMILES string of the molecule is CCCC[Si](C)(C1=CC[C]([Ti+3])=C1CC)c1c(C)c(C)c(C)c(C)c1C.[Cl-].[Cl-].[Cl-]. The Morgan fingerprint density at radius 2 is 1.32 bits per heavy atom. The summed E-state index contributed by atoms with van der Waals surface area (Å²) in [6, 6.07) is 1.38. The van der Waals surface area contributed by atoms with Crippen molar-refractivity contribution in [2.45, 2.75) is 86.7 Å². The third-order valence-corrected chi connectivity index (χ3v) is 12.4. The van der Waals surface area contributed by atoms with Crippen LogP contribution in [0.4, 0.5) is 0 Å². The molecule has 0 spiro atoms. The molecule has 0 saturated heterocycles. The van der Waals surface area contributed by atoms with Gasteiger partial charge in [0.25, 0.3) is 0 Å². The second-order valence-corrected chi connectivity index (χ2v) is 13.2. The van der Waals surface area contributed by atoms with Gasteiger partial charge in [-0.25, -0.2) is 0 Å². The predicted octanol–water partition coefficient (Wildman–Crippen LogP) is -2.59. The van der Waals surface area contributed by atoms with Crippen LogP contribution in [0.3, 0.4) is 0 Å². The maximum Gasteiger partial charge on any atom is -1.00 e. The van der Waals surface area contributed by atoms with Gasteiger partial charge >= 0.3 is 169 Å². The van der Waals surface area contributed by atoms with E-state index in [-0.39, 0.29) is 37.2 Å². The first kappa shape index (κ1) is 30.7. The minimum atomic E-state index is -1.71. The van der Waals surface area contributed by atoms with Gasteiger partial charge < -0.3 is 37.2 Å². The number of benzene rings is 1. The predicted molar refractivity (Wildman–Crippen MR) is 111 cm³/mol. The van der Waals surface area contributed by atoms with E-state index in [1.807, 2.05) is 0 Å². The third kappa shape index (κ3) is 5.40. The van der Waals surface area contributed by atoms with Crippen molar-refractivity contribution in [1.29, 1.82) is 0 Å². The summed E-state index contributed by atoms with van der Waals surface area (Å²) in [4.78, 5) is 0. The van der Waals surface area contributed by atoms with E-state index in [1.54, 1.807) is 31.0 Å². The summed E-state index contributed by atoms with van der Waals surface area (Å²) < 4.78 is 1.61. The van der Waals surface area contributed by atoms with Gasteiger partial charge in [0.1, 0.15) is 0 Å². The first-order chi connectivity index (χ1) is 11.7. The fraction of sp³-hybridized carbons (Fsp3) is 0.565. The molecule has 1 aromatic rings. The zero-order valence-corrected chi connectivity index (χ0v) is 23.6. The van der Waals surface area contributed by atoms with Gasteiger partial charge in [-0.3, -0.25) is 0 Å². The Kier molecular flexibility index (Phi) is 13.6. The third-order valence-electron chi connectivity index (χ3n) is 6.73. The Morgan fingerprint density at radius 1 is 0.857 bits per heavy atom. The summed E-state index contributed by atoms with van der Waals surface area (Å²) in [5.41, 5.74) is 9.36. The zero-order valence-electron chi connectivity index (χ0n) is 18.7. The quantitative estimate of drug-likeness (QED) is 0.382. The Bertz CT molecular complexity index is 724. The Labute approximate surface area is 205 Å². The molecule has 0 saturated carbocycles. The first-order valence-corrected chi connectivity index (χ1v) is 13.4. The summed E-state index contributed by atoms with van der Waals surface area (Å²) in [5.74, 6) is 0. The molecule has 0 radical (unpaired) electrons. The molecule has 1 unspecified atom stereocenters. The largest absolute Gasteiger partial charge is 1.00 e. The molecule has 28 heavy (non-hydrogen) atoms. The molecule has 0 nitrogen and oxygen atoms in total. The van der Waals surface area contributed by atoms with Crippen molar-refractivity contribution >= 4 is 13.3 Å². The van der Waals surface area contributed by atoms with E-state index in [9.17, 15) is 0 Å². The molecule has 1 aromatic carbocycles. The van der Waals surface area contributed by atoms with Gasteiger partial charge in [0.05, 0.1) is 0 Å². The van der Waals surface area contributed by atoms with Crippen LogP contribution in [0.25, 0.3) is 0 Å². The van der Waals surface area contributed by atoms with Crippen LogP contribution in [0.5, 0.6) is 0 Å². The van der Waals surface area contributed by atoms with E-state index in [4.69, 9.17) is 0 Å². The second-order valence-electron chi connectivity index (χ2n) is 8.07. The standard InChI is InChI=1S/C23H35Si.3ClH.Ti/c1-9-11-15-24(8,22-14-12-13-21(22)10-2)23-19(6)17(4)16(3)18(5)20(23)7;;;;/h14H,9-12,15H2,1-8H3;3*1H;/q;;;;+3/p-3. The molecule has 0 fully saturated rings. The normalized spacial score (nSPS) is 15.3. The number of halogens is 3. The van der Waals surface area contributed by atoms with E-state index in [1.165, 1.54) is 48.4 Å². The van der Waals surface area contributed by atoms with Crippen LogP contribution in [-0.2, 0) is 20.4 Å². The van der Waals surface area contributed by atoms with Crippen LogP contribution < -0.4 is 42.4 Å². The van der Waals surface area contributed by atoms with Crippen molar-refractivity contribution in [1.82, 2.24) is 0 Å². The average Bonchev–Trinajstić information content (AvgIpc) is 2.97. The molecule has 1 atom stereocenters. The van der Waals surface area contributed by atoms with E-state index in [0.29, 0.717) is 0 Å². The Morgan fingerprint density at radius 3 is 1.75 bits per heavy atom. The van der Waals surface area contributed by atoms with E-state index in [0.717, 1.165) is 0 Å². The minimum Gasteiger partial charge on any atom is -1.00 e. The molecule has 156 valence electrons. The summed E-state index contributed by atoms with van der Waals surface area (Å²) in [7, 11) is -1.71. The molecule has 1 aliphatic carbocycles. The molecule has 0 bridgehead atoms. The van der Waals surface area contributed by atoms with Crippen LogP contribution in [0.1, 0.15) is 67.3 Å². The van der Waals surface area contributed by atoms with Gasteiger partial charge in [-0.1, -0.05) is 0 Å². The van der Waals surface area contributed by atoms with Gasteiger partial charge in [0.15, 0.2) is 0 Å². The molecule has 0 heterocycles. The Hall–Kier alpha value is 0.501. The fourth-order valence-electron chi connectivity index (χ4n) is 4.83. The van der Waals surface area contributed by atoms with E-state index in [2.05, 4.69) is 81.5 Å². The Balaban J connectivity index is 0. The van der Waals surface area contributed by atoms with Gasteiger partial charge in [0, 0.05) is 0 Å². The average molecular weight is 494 g/mol.